The van der Waals surface area contributed by atoms with Crippen LogP contribution in [0.15, 0.2) is 43.0 Å². The van der Waals surface area contributed by atoms with E-state index >= 15 is 0 Å². The highest BCUT2D eigenvalue weighted by atomic mass is 79.9. The SMILES string of the molecule is CCOC(=O)N(N=O)C(c1c(C)cc(C(C)(C)C)cc1C)c1c(Br)cc(Br)cc1Br. The first-order chi connectivity index (χ1) is 13.9. The molecule has 0 fully saturated rings. The average Bonchev–Trinajstić information content (AvgIpc) is 2.59. The van der Waals surface area contributed by atoms with Crippen LogP contribution < -0.4 is 0 Å². The molecule has 8 heteroatoms. The van der Waals surface area contributed by atoms with Gasteiger partial charge in [-0.3, -0.25) is 0 Å². The van der Waals surface area contributed by atoms with E-state index in [1.54, 1.807) is 6.92 Å². The van der Waals surface area contributed by atoms with Gasteiger partial charge in [0.2, 0.25) is 0 Å². The molecule has 30 heavy (non-hydrogen) atoms. The van der Waals surface area contributed by atoms with Crippen molar-refractivity contribution in [1.82, 2.24) is 5.01 Å². The van der Waals surface area contributed by atoms with E-state index < -0.39 is 12.1 Å². The Bertz CT molecular complexity index is 925. The molecular weight excluding hydrogens is 580 g/mol. The summed E-state index contributed by atoms with van der Waals surface area (Å²) in [5, 5.41) is 3.94. The third-order valence-corrected chi connectivity index (χ3v) is 6.61. The van der Waals surface area contributed by atoms with Gasteiger partial charge in [-0.2, -0.15) is 0 Å². The zero-order chi connectivity index (χ0) is 22.8. The van der Waals surface area contributed by atoms with Gasteiger partial charge in [0.25, 0.3) is 0 Å². The lowest BCUT2D eigenvalue weighted by atomic mass is 9.81. The van der Waals surface area contributed by atoms with E-state index in [2.05, 4.69) is 86.0 Å². The number of carbonyl (C=O) groups excluding carboxylic acids is 1. The Morgan fingerprint density at radius 3 is 1.93 bits per heavy atom. The molecular formula is C22H25Br3N2O3. The van der Waals surface area contributed by atoms with E-state index in [1.807, 2.05) is 26.0 Å². The van der Waals surface area contributed by atoms with Gasteiger partial charge in [-0.05, 0) is 60.6 Å². The molecule has 0 aliphatic carbocycles. The van der Waals surface area contributed by atoms with E-state index in [9.17, 15) is 9.70 Å². The fourth-order valence-electron chi connectivity index (χ4n) is 3.42. The summed E-state index contributed by atoms with van der Waals surface area (Å²) >= 11 is 10.7. The number of hydrogen-bond donors (Lipinski definition) is 0. The van der Waals surface area contributed by atoms with Crippen molar-refractivity contribution in [3.05, 3.63) is 70.4 Å². The van der Waals surface area contributed by atoms with Crippen LogP contribution in [0.25, 0.3) is 0 Å². The molecule has 0 saturated carbocycles. The first-order valence-electron chi connectivity index (χ1n) is 9.47. The fraction of sp³-hybridized carbons (Fsp3) is 0.409. The first-order valence-corrected chi connectivity index (χ1v) is 11.9. The molecule has 162 valence electrons. The van der Waals surface area contributed by atoms with Gasteiger partial charge in [-0.25, -0.2) is 4.79 Å². The van der Waals surface area contributed by atoms with Crippen molar-refractivity contribution in [3.8, 4) is 0 Å². The second-order valence-electron chi connectivity index (χ2n) is 8.08. The number of nitroso groups, excluding NO2 is 1. The predicted molar refractivity (Wildman–Crippen MR) is 131 cm³/mol. The molecule has 0 bridgehead atoms. The predicted octanol–water partition coefficient (Wildman–Crippen LogP) is 8.12. The van der Waals surface area contributed by atoms with E-state index in [4.69, 9.17) is 4.74 Å². The summed E-state index contributed by atoms with van der Waals surface area (Å²) < 4.78 is 7.44. The Labute approximate surface area is 202 Å². The van der Waals surface area contributed by atoms with Crippen molar-refractivity contribution in [2.75, 3.05) is 6.61 Å². The fourth-order valence-corrected chi connectivity index (χ4v) is 6.11. The Hall–Kier alpha value is -1.25. The summed E-state index contributed by atoms with van der Waals surface area (Å²) in [5.41, 5.74) is 4.61. The highest BCUT2D eigenvalue weighted by Gasteiger charge is 2.35. The van der Waals surface area contributed by atoms with Crippen LogP contribution in [-0.4, -0.2) is 17.7 Å². The summed E-state index contributed by atoms with van der Waals surface area (Å²) in [5.74, 6) is 0. The molecule has 5 nitrogen and oxygen atoms in total. The first kappa shape index (κ1) is 25.0. The molecule has 1 unspecified atom stereocenters. The summed E-state index contributed by atoms with van der Waals surface area (Å²) in [7, 11) is 0. The Kier molecular flexibility index (Phi) is 8.27. The number of carbonyl (C=O) groups is 1. The lowest BCUT2D eigenvalue weighted by Gasteiger charge is -2.30. The van der Waals surface area contributed by atoms with E-state index in [0.717, 1.165) is 35.1 Å². The van der Waals surface area contributed by atoms with E-state index in [0.29, 0.717) is 5.56 Å². The highest BCUT2D eigenvalue weighted by Crippen LogP contribution is 2.43. The number of rotatable bonds is 5. The number of halogens is 3. The van der Waals surface area contributed by atoms with Gasteiger partial charge >= 0.3 is 6.09 Å². The molecule has 2 aromatic carbocycles. The van der Waals surface area contributed by atoms with E-state index in [-0.39, 0.29) is 12.0 Å². The molecule has 1 atom stereocenters. The van der Waals surface area contributed by atoms with Crippen LogP contribution in [0.4, 0.5) is 4.79 Å². The highest BCUT2D eigenvalue weighted by molar-refractivity contribution is 9.11. The molecule has 0 aromatic heterocycles. The van der Waals surface area contributed by atoms with Gasteiger partial charge in [0, 0.05) is 19.0 Å². The Morgan fingerprint density at radius 2 is 1.53 bits per heavy atom. The van der Waals surface area contributed by atoms with Crippen molar-refractivity contribution in [1.29, 1.82) is 0 Å². The summed E-state index contributed by atoms with van der Waals surface area (Å²) in [6, 6.07) is 7.17. The van der Waals surface area contributed by atoms with Crippen LogP contribution in [-0.2, 0) is 10.2 Å². The Balaban J connectivity index is 2.85. The van der Waals surface area contributed by atoms with Gasteiger partial charge in [-0.15, -0.1) is 9.92 Å². The smallest absolute Gasteiger partial charge is 0.433 e. The molecule has 2 rings (SSSR count). The minimum absolute atomic E-state index is 0.0357. The number of ether oxygens (including phenoxy) is 1. The molecule has 0 N–H and O–H groups in total. The van der Waals surface area contributed by atoms with Crippen molar-refractivity contribution in [3.63, 3.8) is 0 Å². The number of hydrogen-bond acceptors (Lipinski definition) is 4. The minimum atomic E-state index is -0.794. The quantitative estimate of drug-likeness (QED) is 0.256. The van der Waals surface area contributed by atoms with Crippen LogP contribution in [0.2, 0.25) is 0 Å². The molecule has 0 saturated heterocycles. The summed E-state index contributed by atoms with van der Waals surface area (Å²) in [4.78, 5) is 24.6. The molecule has 0 aliphatic rings. The third-order valence-electron chi connectivity index (χ3n) is 4.84. The van der Waals surface area contributed by atoms with Crippen LogP contribution >= 0.6 is 47.8 Å². The van der Waals surface area contributed by atoms with Crippen molar-refractivity contribution >= 4 is 53.9 Å². The molecule has 0 aliphatic heterocycles. The number of nitrogens with zero attached hydrogens (tertiary/aromatic N) is 2. The normalized spacial score (nSPS) is 12.4. The zero-order valence-electron chi connectivity index (χ0n) is 17.8. The van der Waals surface area contributed by atoms with Crippen molar-refractivity contribution < 1.29 is 9.53 Å². The zero-order valence-corrected chi connectivity index (χ0v) is 22.6. The third kappa shape index (κ3) is 5.32. The van der Waals surface area contributed by atoms with Crippen molar-refractivity contribution in [2.24, 2.45) is 5.29 Å². The Morgan fingerprint density at radius 1 is 1.03 bits per heavy atom. The lowest BCUT2D eigenvalue weighted by molar-refractivity contribution is 0.0965. The standard InChI is InChI=1S/C22H25Br3N2O3/c1-7-30-21(28)27(26-29)20(19-16(24)10-15(23)11-17(19)25)18-12(2)8-14(9-13(18)3)22(4,5)6/h8-11,20H,7H2,1-6H3. The van der Waals surface area contributed by atoms with Gasteiger partial charge in [0.1, 0.15) is 6.04 Å². The molecule has 0 spiro atoms. The maximum absolute atomic E-state index is 12.7. The summed E-state index contributed by atoms with van der Waals surface area (Å²) in [6.07, 6.45) is -0.794. The molecule has 0 heterocycles. The topological polar surface area (TPSA) is 59.0 Å². The second kappa shape index (κ2) is 9.92. The monoisotopic (exact) mass is 602 g/mol. The van der Waals surface area contributed by atoms with Crippen molar-refractivity contribution in [2.45, 2.75) is 53.0 Å². The molecule has 2 aromatic rings. The minimum Gasteiger partial charge on any atom is -0.448 e. The lowest BCUT2D eigenvalue weighted by Crippen LogP contribution is -2.33. The number of aryl methyl sites for hydroxylation is 2. The second-order valence-corrected chi connectivity index (χ2v) is 10.7. The van der Waals surface area contributed by atoms with Gasteiger partial charge in [-0.1, -0.05) is 80.7 Å². The van der Waals surface area contributed by atoms with E-state index in [1.165, 1.54) is 5.56 Å². The van der Waals surface area contributed by atoms with Gasteiger partial charge in [0.05, 0.1) is 11.9 Å². The average molecular weight is 605 g/mol. The van der Waals surface area contributed by atoms with Gasteiger partial charge < -0.3 is 4.74 Å². The van der Waals surface area contributed by atoms with Crippen LogP contribution in [0.3, 0.4) is 0 Å². The largest absolute Gasteiger partial charge is 0.448 e. The number of amides is 1. The van der Waals surface area contributed by atoms with Gasteiger partial charge in [0.15, 0.2) is 0 Å². The maximum atomic E-state index is 12.7. The van der Waals surface area contributed by atoms with Crippen LogP contribution in [0, 0.1) is 18.8 Å². The number of benzene rings is 2. The maximum Gasteiger partial charge on any atom is 0.433 e. The molecule has 1 amide bonds. The van der Waals surface area contributed by atoms with Crippen LogP contribution in [0.5, 0.6) is 0 Å². The summed E-state index contributed by atoms with van der Waals surface area (Å²) in [6.45, 7) is 12.3. The van der Waals surface area contributed by atoms with Crippen LogP contribution in [0.1, 0.15) is 61.6 Å². The molecule has 0 radical (unpaired) electrons.